The Labute approximate surface area is 210 Å². The van der Waals surface area contributed by atoms with Crippen LogP contribution in [-0.2, 0) is 4.79 Å². The van der Waals surface area contributed by atoms with Crippen molar-refractivity contribution in [2.75, 3.05) is 48.3 Å². The number of hydrogen-bond donors (Lipinski definition) is 2. The van der Waals surface area contributed by atoms with E-state index in [9.17, 15) is 10.1 Å². The fraction of sp³-hybridized carbons (Fsp3) is 0.259. The summed E-state index contributed by atoms with van der Waals surface area (Å²) < 4.78 is 5.79. The van der Waals surface area contributed by atoms with Crippen LogP contribution in [0.1, 0.15) is 18.5 Å². The largest absolute Gasteiger partial charge is 0.437 e. The topological polar surface area (TPSA) is 106 Å². The number of rotatable bonds is 7. The first-order valence-corrected chi connectivity index (χ1v) is 12.0. The van der Waals surface area contributed by atoms with Crippen LogP contribution >= 0.6 is 0 Å². The van der Waals surface area contributed by atoms with E-state index in [1.807, 2.05) is 47.4 Å². The molecule has 182 valence electrons. The van der Waals surface area contributed by atoms with Crippen molar-refractivity contribution in [2.24, 2.45) is 0 Å². The lowest BCUT2D eigenvalue weighted by Gasteiger charge is -2.36. The van der Waals surface area contributed by atoms with Gasteiger partial charge in [0.25, 0.3) is 0 Å². The average molecular weight is 482 g/mol. The Morgan fingerprint density at radius 1 is 1.06 bits per heavy atom. The van der Waals surface area contributed by atoms with Gasteiger partial charge in [-0.2, -0.15) is 5.26 Å². The van der Waals surface area contributed by atoms with Crippen molar-refractivity contribution in [1.82, 2.24) is 14.9 Å². The molecule has 5 rings (SSSR count). The molecule has 0 atom stereocenters. The smallest absolute Gasteiger partial charge is 0.223 e. The molecule has 3 aromatic rings. The molecule has 1 aromatic heterocycles. The number of ether oxygens (including phenoxy) is 1. The molecule has 1 amide bonds. The number of hydrogen-bond acceptors (Lipinski definition) is 8. The molecule has 0 saturated carbocycles. The van der Waals surface area contributed by atoms with Gasteiger partial charge in [0, 0.05) is 51.0 Å². The summed E-state index contributed by atoms with van der Waals surface area (Å²) in [5.74, 6) is 1.58. The predicted molar refractivity (Wildman–Crippen MR) is 138 cm³/mol. The zero-order valence-corrected chi connectivity index (χ0v) is 19.9. The maximum atomic E-state index is 12.7. The first-order valence-electron chi connectivity index (χ1n) is 12.0. The van der Waals surface area contributed by atoms with Crippen molar-refractivity contribution >= 4 is 28.8 Å². The van der Waals surface area contributed by atoms with Crippen LogP contribution in [0.5, 0.6) is 5.75 Å². The lowest BCUT2D eigenvalue weighted by Crippen LogP contribution is -2.48. The number of nitrogens with zero attached hydrogens (tertiary/aromatic N) is 5. The number of carbonyl (C=O) groups excluding carboxylic acids is 1. The van der Waals surface area contributed by atoms with E-state index in [1.54, 1.807) is 12.3 Å². The van der Waals surface area contributed by atoms with E-state index in [0.717, 1.165) is 31.9 Å². The summed E-state index contributed by atoms with van der Waals surface area (Å²) in [6.45, 7) is 3.71. The molecule has 0 aliphatic carbocycles. The number of nitrogens with one attached hydrogen (secondary N) is 2. The Morgan fingerprint density at radius 2 is 1.83 bits per heavy atom. The average Bonchev–Trinajstić information content (AvgIpc) is 3.36. The first kappa shape index (κ1) is 23.2. The molecule has 9 nitrogen and oxygen atoms in total. The number of amides is 1. The SMILES string of the molecule is N#CC(=C1Nc2ccccc2O1)c1ccnc(NCCCC(=O)N2CCN(c3ccccc3)CC2)n1. The van der Waals surface area contributed by atoms with Gasteiger partial charge >= 0.3 is 0 Å². The minimum Gasteiger partial charge on any atom is -0.437 e. The molecule has 2 aromatic carbocycles. The van der Waals surface area contributed by atoms with E-state index >= 15 is 0 Å². The van der Waals surface area contributed by atoms with Crippen LogP contribution in [0, 0.1) is 11.3 Å². The van der Waals surface area contributed by atoms with E-state index in [-0.39, 0.29) is 5.91 Å². The Hall–Kier alpha value is -4.58. The Bertz CT molecular complexity index is 1270. The van der Waals surface area contributed by atoms with E-state index in [2.05, 4.69) is 43.7 Å². The van der Waals surface area contributed by atoms with Crippen molar-refractivity contribution in [3.05, 3.63) is 78.4 Å². The summed E-state index contributed by atoms with van der Waals surface area (Å²) in [6.07, 6.45) is 2.72. The third-order valence-electron chi connectivity index (χ3n) is 6.20. The zero-order valence-electron chi connectivity index (χ0n) is 19.9. The van der Waals surface area contributed by atoms with Crippen LogP contribution in [0.25, 0.3) is 5.57 Å². The van der Waals surface area contributed by atoms with Gasteiger partial charge < -0.3 is 25.2 Å². The van der Waals surface area contributed by atoms with Crippen LogP contribution in [0.2, 0.25) is 0 Å². The second kappa shape index (κ2) is 10.8. The third-order valence-corrected chi connectivity index (χ3v) is 6.20. The van der Waals surface area contributed by atoms with Crippen LogP contribution < -0.4 is 20.3 Å². The molecule has 1 fully saturated rings. The Morgan fingerprint density at radius 3 is 2.61 bits per heavy atom. The maximum Gasteiger partial charge on any atom is 0.223 e. The molecule has 3 heterocycles. The van der Waals surface area contributed by atoms with Gasteiger partial charge in [0.15, 0.2) is 5.75 Å². The molecule has 2 aliphatic rings. The molecule has 36 heavy (non-hydrogen) atoms. The fourth-order valence-electron chi connectivity index (χ4n) is 4.29. The number of carbonyl (C=O) groups is 1. The van der Waals surface area contributed by atoms with Gasteiger partial charge in [0.05, 0.1) is 11.4 Å². The van der Waals surface area contributed by atoms with Crippen molar-refractivity contribution in [3.8, 4) is 11.8 Å². The minimum atomic E-state index is 0.166. The molecule has 0 bridgehead atoms. The highest BCUT2D eigenvalue weighted by Crippen LogP contribution is 2.35. The Kier molecular flexibility index (Phi) is 6.94. The minimum absolute atomic E-state index is 0.166. The van der Waals surface area contributed by atoms with Crippen LogP contribution in [-0.4, -0.2) is 53.5 Å². The third kappa shape index (κ3) is 5.23. The molecule has 2 N–H and O–H groups in total. The van der Waals surface area contributed by atoms with Gasteiger partial charge in [-0.05, 0) is 36.8 Å². The van der Waals surface area contributed by atoms with Crippen LogP contribution in [0.15, 0.2) is 72.7 Å². The summed E-state index contributed by atoms with van der Waals surface area (Å²) in [5, 5.41) is 16.0. The van der Waals surface area contributed by atoms with Gasteiger partial charge in [-0.1, -0.05) is 30.3 Å². The summed E-state index contributed by atoms with van der Waals surface area (Å²) in [7, 11) is 0. The van der Waals surface area contributed by atoms with E-state index in [1.165, 1.54) is 5.69 Å². The standard InChI is InChI=1S/C27H27N7O2/c28-19-21(26-31-23-9-4-5-10-24(23)36-26)22-12-14-30-27(32-22)29-13-6-11-25(35)34-17-15-33(16-18-34)20-7-2-1-3-8-20/h1-5,7-10,12,14,31H,6,11,13,15-18H2,(H,29,30,32). The molecule has 0 unspecified atom stereocenters. The maximum absolute atomic E-state index is 12.7. The number of anilines is 3. The second-order valence-electron chi connectivity index (χ2n) is 8.54. The summed E-state index contributed by atoms with van der Waals surface area (Å²) in [6, 6.07) is 21.6. The molecule has 9 heteroatoms. The summed E-state index contributed by atoms with van der Waals surface area (Å²) >= 11 is 0. The highest BCUT2D eigenvalue weighted by atomic mass is 16.5. The van der Waals surface area contributed by atoms with Crippen molar-refractivity contribution < 1.29 is 9.53 Å². The zero-order chi connectivity index (χ0) is 24.7. The van der Waals surface area contributed by atoms with Gasteiger partial charge in [-0.25, -0.2) is 9.97 Å². The molecule has 0 spiro atoms. The first-order chi connectivity index (χ1) is 17.7. The molecular weight excluding hydrogens is 454 g/mol. The second-order valence-corrected chi connectivity index (χ2v) is 8.54. The van der Waals surface area contributed by atoms with Gasteiger partial charge in [0.2, 0.25) is 17.7 Å². The number of para-hydroxylation sites is 3. The van der Waals surface area contributed by atoms with Crippen molar-refractivity contribution in [2.45, 2.75) is 12.8 Å². The fourth-order valence-corrected chi connectivity index (χ4v) is 4.29. The normalized spacial score (nSPS) is 15.9. The lowest BCUT2D eigenvalue weighted by molar-refractivity contribution is -0.131. The molecule has 0 radical (unpaired) electrons. The molecule has 2 aliphatic heterocycles. The summed E-state index contributed by atoms with van der Waals surface area (Å²) in [5.41, 5.74) is 2.75. The lowest BCUT2D eigenvalue weighted by atomic mass is 10.2. The number of fused-ring (bicyclic) bond motifs is 1. The van der Waals surface area contributed by atoms with Crippen LogP contribution in [0.4, 0.5) is 17.3 Å². The number of allylic oxidation sites excluding steroid dienone is 1. The molecular formula is C27H27N7O2. The van der Waals surface area contributed by atoms with Crippen molar-refractivity contribution in [1.29, 1.82) is 5.26 Å². The highest BCUT2D eigenvalue weighted by Gasteiger charge is 2.23. The number of piperazine rings is 1. The highest BCUT2D eigenvalue weighted by molar-refractivity contribution is 5.82. The Balaban J connectivity index is 1.10. The number of nitriles is 1. The monoisotopic (exact) mass is 481 g/mol. The van der Waals surface area contributed by atoms with Gasteiger partial charge in [-0.3, -0.25) is 4.79 Å². The van der Waals surface area contributed by atoms with E-state index < -0.39 is 0 Å². The van der Waals surface area contributed by atoms with Crippen molar-refractivity contribution in [3.63, 3.8) is 0 Å². The van der Waals surface area contributed by atoms with Gasteiger partial charge in [0.1, 0.15) is 11.6 Å². The molecule has 1 saturated heterocycles. The quantitative estimate of drug-likeness (QED) is 0.389. The predicted octanol–water partition coefficient (Wildman–Crippen LogP) is 3.71. The van der Waals surface area contributed by atoms with Gasteiger partial charge in [-0.15, -0.1) is 0 Å². The number of benzene rings is 2. The van der Waals surface area contributed by atoms with E-state index in [4.69, 9.17) is 4.74 Å². The van der Waals surface area contributed by atoms with E-state index in [0.29, 0.717) is 48.2 Å². The van der Waals surface area contributed by atoms with Crippen LogP contribution in [0.3, 0.4) is 0 Å². The summed E-state index contributed by atoms with van der Waals surface area (Å²) in [4.78, 5) is 25.6. The number of aromatic nitrogens is 2.